The quantitative estimate of drug-likeness (QED) is 0.756. The lowest BCUT2D eigenvalue weighted by Crippen LogP contribution is -2.41. The average Bonchev–Trinajstić information content (AvgIpc) is 2.92. The van der Waals surface area contributed by atoms with Gasteiger partial charge in [0.25, 0.3) is 10.1 Å². The first kappa shape index (κ1) is 20.7. The molecule has 1 aliphatic carbocycles. The molecule has 1 amide bonds. The number of carbonyl (C=O) groups is 1. The summed E-state index contributed by atoms with van der Waals surface area (Å²) in [4.78, 5) is 12.1. The van der Waals surface area contributed by atoms with E-state index >= 15 is 0 Å². The summed E-state index contributed by atoms with van der Waals surface area (Å²) in [5, 5.41) is 2.90. The van der Waals surface area contributed by atoms with Crippen LogP contribution in [0.15, 0.2) is 29.2 Å². The van der Waals surface area contributed by atoms with Crippen LogP contribution >= 0.6 is 0 Å². The van der Waals surface area contributed by atoms with Crippen molar-refractivity contribution in [1.82, 2.24) is 5.32 Å². The van der Waals surface area contributed by atoms with Gasteiger partial charge in [-0.05, 0) is 65.0 Å². The van der Waals surface area contributed by atoms with Gasteiger partial charge in [-0.1, -0.05) is 24.1 Å². The van der Waals surface area contributed by atoms with Crippen molar-refractivity contribution in [1.29, 1.82) is 0 Å². The number of carbonyl (C=O) groups excluding carboxylic acids is 1. The van der Waals surface area contributed by atoms with Gasteiger partial charge in [0.05, 0.1) is 11.5 Å². The molecule has 6 nitrogen and oxygen atoms in total. The Hall–Kier alpha value is -1.60. The Bertz CT molecular complexity index is 706. The molecule has 0 radical (unpaired) electrons. The van der Waals surface area contributed by atoms with Gasteiger partial charge in [-0.3, -0.25) is 4.18 Å². The lowest BCUT2D eigenvalue weighted by Gasteiger charge is -2.24. The second-order valence-electron chi connectivity index (χ2n) is 7.82. The molecule has 1 N–H and O–H groups in total. The molecule has 0 heterocycles. The Morgan fingerprint density at radius 3 is 2.46 bits per heavy atom. The van der Waals surface area contributed by atoms with Crippen LogP contribution in [0.25, 0.3) is 0 Å². The average molecular weight is 384 g/mol. The summed E-state index contributed by atoms with van der Waals surface area (Å²) in [7, 11) is -3.75. The lowest BCUT2D eigenvalue weighted by molar-refractivity contribution is 0.0489. The standard InChI is InChI=1S/C19H29NO5S/c1-14-8-10-16(11-9-14)26(22,23)24-13-12-15-6-5-7-17(15)20-18(21)25-19(2,3)4/h8-11,15,17H,5-7,12-13H2,1-4H3,(H,20,21)/t15-,17+/m1/s1. The van der Waals surface area contributed by atoms with E-state index in [1.165, 1.54) is 0 Å². The zero-order chi connectivity index (χ0) is 19.4. The van der Waals surface area contributed by atoms with Crippen LogP contribution in [0, 0.1) is 12.8 Å². The van der Waals surface area contributed by atoms with E-state index in [4.69, 9.17) is 8.92 Å². The molecule has 26 heavy (non-hydrogen) atoms. The van der Waals surface area contributed by atoms with E-state index in [1.807, 2.05) is 27.7 Å². The molecule has 1 fully saturated rings. The van der Waals surface area contributed by atoms with E-state index in [0.717, 1.165) is 24.8 Å². The van der Waals surface area contributed by atoms with Gasteiger partial charge in [0.1, 0.15) is 5.60 Å². The molecule has 0 saturated heterocycles. The molecule has 1 aromatic rings. The fourth-order valence-electron chi connectivity index (χ4n) is 3.11. The first-order valence-corrected chi connectivity index (χ1v) is 10.4. The Kier molecular flexibility index (Phi) is 6.69. The van der Waals surface area contributed by atoms with E-state index < -0.39 is 21.8 Å². The van der Waals surface area contributed by atoms with Crippen LogP contribution in [0.5, 0.6) is 0 Å². The monoisotopic (exact) mass is 383 g/mol. The van der Waals surface area contributed by atoms with Crippen molar-refractivity contribution in [3.05, 3.63) is 29.8 Å². The number of aryl methyl sites for hydroxylation is 1. The van der Waals surface area contributed by atoms with Crippen LogP contribution in [0.2, 0.25) is 0 Å². The van der Waals surface area contributed by atoms with Gasteiger partial charge in [-0.2, -0.15) is 8.42 Å². The fourth-order valence-corrected chi connectivity index (χ4v) is 4.03. The third-order valence-corrected chi connectivity index (χ3v) is 5.72. The van der Waals surface area contributed by atoms with Gasteiger partial charge in [0, 0.05) is 6.04 Å². The van der Waals surface area contributed by atoms with Gasteiger partial charge in [0.15, 0.2) is 0 Å². The van der Waals surface area contributed by atoms with Crippen molar-refractivity contribution < 1.29 is 22.1 Å². The van der Waals surface area contributed by atoms with Crippen LogP contribution in [-0.2, 0) is 19.0 Å². The molecule has 0 spiro atoms. The molecule has 146 valence electrons. The van der Waals surface area contributed by atoms with Crippen molar-refractivity contribution in [2.45, 2.75) is 69.9 Å². The summed E-state index contributed by atoms with van der Waals surface area (Å²) in [6.45, 7) is 7.47. The second-order valence-corrected chi connectivity index (χ2v) is 9.44. The SMILES string of the molecule is Cc1ccc(S(=O)(=O)OCC[C@H]2CCC[C@@H]2NC(=O)OC(C)(C)C)cc1. The summed E-state index contributed by atoms with van der Waals surface area (Å²) >= 11 is 0. The Morgan fingerprint density at radius 1 is 1.19 bits per heavy atom. The molecule has 0 aromatic heterocycles. The Labute approximate surface area is 156 Å². The van der Waals surface area contributed by atoms with Crippen molar-refractivity contribution in [2.24, 2.45) is 5.92 Å². The number of hydrogen-bond acceptors (Lipinski definition) is 5. The third kappa shape index (κ3) is 6.29. The number of rotatable bonds is 6. The van der Waals surface area contributed by atoms with Crippen LogP contribution in [0.1, 0.15) is 52.0 Å². The number of nitrogens with one attached hydrogen (secondary N) is 1. The minimum absolute atomic E-state index is 0.00414. The molecular formula is C19H29NO5S. The third-order valence-electron chi connectivity index (χ3n) is 4.40. The molecule has 2 rings (SSSR count). The van der Waals surface area contributed by atoms with E-state index in [0.29, 0.717) is 6.42 Å². The van der Waals surface area contributed by atoms with E-state index in [2.05, 4.69) is 5.32 Å². The molecule has 0 aliphatic heterocycles. The maximum absolute atomic E-state index is 12.2. The fraction of sp³-hybridized carbons (Fsp3) is 0.632. The highest BCUT2D eigenvalue weighted by Crippen LogP contribution is 2.29. The largest absolute Gasteiger partial charge is 0.444 e. The molecule has 1 aliphatic rings. The number of ether oxygens (including phenoxy) is 1. The van der Waals surface area contributed by atoms with Crippen LogP contribution < -0.4 is 5.32 Å². The minimum atomic E-state index is -3.75. The van der Waals surface area contributed by atoms with Crippen LogP contribution in [-0.4, -0.2) is 32.8 Å². The maximum Gasteiger partial charge on any atom is 0.407 e. The van der Waals surface area contributed by atoms with Crippen molar-refractivity contribution in [3.63, 3.8) is 0 Å². The highest BCUT2D eigenvalue weighted by Gasteiger charge is 2.30. The highest BCUT2D eigenvalue weighted by molar-refractivity contribution is 7.86. The zero-order valence-electron chi connectivity index (χ0n) is 15.9. The molecule has 1 aromatic carbocycles. The summed E-state index contributed by atoms with van der Waals surface area (Å²) in [5.74, 6) is 0.190. The molecule has 0 bridgehead atoms. The van der Waals surface area contributed by atoms with Crippen molar-refractivity contribution >= 4 is 16.2 Å². The van der Waals surface area contributed by atoms with E-state index in [1.54, 1.807) is 24.3 Å². The first-order valence-electron chi connectivity index (χ1n) is 9.02. The maximum atomic E-state index is 12.2. The highest BCUT2D eigenvalue weighted by atomic mass is 32.2. The Balaban J connectivity index is 1.84. The van der Waals surface area contributed by atoms with Crippen molar-refractivity contribution in [3.8, 4) is 0 Å². The van der Waals surface area contributed by atoms with Gasteiger partial charge in [-0.15, -0.1) is 0 Å². The van der Waals surface area contributed by atoms with Gasteiger partial charge in [-0.25, -0.2) is 4.79 Å². The number of hydrogen-bond donors (Lipinski definition) is 1. The predicted octanol–water partition coefficient (Wildman–Crippen LogP) is 3.78. The van der Waals surface area contributed by atoms with Crippen LogP contribution in [0.4, 0.5) is 4.79 Å². The van der Waals surface area contributed by atoms with Crippen LogP contribution in [0.3, 0.4) is 0 Å². The predicted molar refractivity (Wildman–Crippen MR) is 99.4 cm³/mol. The first-order chi connectivity index (χ1) is 12.1. The molecular weight excluding hydrogens is 354 g/mol. The second kappa shape index (κ2) is 8.39. The number of alkyl carbamates (subject to hydrolysis) is 1. The van der Waals surface area contributed by atoms with Gasteiger partial charge in [0.2, 0.25) is 0 Å². The molecule has 1 saturated carbocycles. The minimum Gasteiger partial charge on any atom is -0.444 e. The van der Waals surface area contributed by atoms with E-state index in [9.17, 15) is 13.2 Å². The molecule has 2 atom stereocenters. The summed E-state index contributed by atoms with van der Waals surface area (Å²) in [6, 6.07) is 6.58. The summed E-state index contributed by atoms with van der Waals surface area (Å²) in [5.41, 5.74) is 0.453. The van der Waals surface area contributed by atoms with Crippen molar-refractivity contribution in [2.75, 3.05) is 6.61 Å². The number of amides is 1. The summed E-state index contributed by atoms with van der Waals surface area (Å²) < 4.78 is 34.9. The smallest absolute Gasteiger partial charge is 0.407 e. The lowest BCUT2D eigenvalue weighted by atomic mass is 10.0. The summed E-state index contributed by atoms with van der Waals surface area (Å²) in [6.07, 6.45) is 2.95. The Morgan fingerprint density at radius 2 is 1.85 bits per heavy atom. The van der Waals surface area contributed by atoms with Gasteiger partial charge < -0.3 is 10.1 Å². The van der Waals surface area contributed by atoms with E-state index in [-0.39, 0.29) is 23.5 Å². The molecule has 7 heteroatoms. The topological polar surface area (TPSA) is 81.7 Å². The zero-order valence-corrected chi connectivity index (χ0v) is 16.8. The number of benzene rings is 1. The molecule has 0 unspecified atom stereocenters. The van der Waals surface area contributed by atoms with Gasteiger partial charge >= 0.3 is 6.09 Å². The normalized spacial score (nSPS) is 20.8.